The van der Waals surface area contributed by atoms with Crippen LogP contribution >= 0.6 is 0 Å². The van der Waals surface area contributed by atoms with E-state index in [1.807, 2.05) is 0 Å². The zero-order chi connectivity index (χ0) is 18.0. The third kappa shape index (κ3) is 8060. The minimum absolute atomic E-state index is 0. The van der Waals surface area contributed by atoms with Gasteiger partial charge < -0.3 is 49.2 Å². The molecule has 192 valence electrons. The predicted molar refractivity (Wildman–Crippen MR) is 78.1 cm³/mol. The average Bonchev–Trinajstić information content (AvgIpc) is 1.62. The van der Waals surface area contributed by atoms with Crippen molar-refractivity contribution in [1.82, 2.24) is 49.2 Å². The van der Waals surface area contributed by atoms with Gasteiger partial charge in [-0.3, -0.25) is 0 Å². The van der Waals surface area contributed by atoms with E-state index in [9.17, 15) is 11.3 Å². The van der Waals surface area contributed by atoms with Gasteiger partial charge in [0.25, 0.3) is 0 Å². The Balaban J connectivity index is -0.0000000111. The molecule has 0 bridgehead atoms. The molecule has 0 aliphatic rings. The second kappa shape index (κ2) is 33.2. The predicted octanol–water partition coefficient (Wildman–Crippen LogP) is -6.82. The molecule has 0 aromatic heterocycles. The normalized spacial score (nSPS) is 8.43. The Bertz CT molecular complexity index is 316. The van der Waals surface area contributed by atoms with Crippen molar-refractivity contribution in [3.63, 3.8) is 0 Å². The summed E-state index contributed by atoms with van der Waals surface area (Å²) < 4.78 is 143. The van der Waals surface area contributed by atoms with Crippen LogP contribution in [0.3, 0.4) is 0 Å². The quantitative estimate of drug-likeness (QED) is 0.0831. The SMILES string of the molecule is [NH4+].[NH4+].[NH4+].[NH4+].[NH4+].[NH4+].[NH4+].[NH4+].[O]=[Sb]([O-])([O-])[F].[O]=[Sb]([O-])([O-])[F].[O]=[Sb]([O-])([O-])[F].[O]=[Sb]([O-])([O-])[F]. The summed E-state index contributed by atoms with van der Waals surface area (Å²) in [7, 11) is 0. The summed E-state index contributed by atoms with van der Waals surface area (Å²) >= 11 is -25.4. The van der Waals surface area contributed by atoms with Gasteiger partial charge in [0.15, 0.2) is 0 Å². The molecule has 0 spiro atoms. The van der Waals surface area contributed by atoms with Crippen LogP contribution in [0.2, 0.25) is 0 Å². The molecule has 0 radical (unpaired) electrons. The molecule has 0 aliphatic heterocycles. The number of hydrogen-bond donors (Lipinski definition) is 8. The zero-order valence-corrected chi connectivity index (χ0v) is 26.4. The monoisotopic (exact) mass is 896 g/mol. The van der Waals surface area contributed by atoms with Gasteiger partial charge >= 0.3 is 131 Å². The van der Waals surface area contributed by atoms with Gasteiger partial charge in [0, 0.05) is 0 Å². The molecule has 0 fully saturated rings. The van der Waals surface area contributed by atoms with Gasteiger partial charge in [-0.1, -0.05) is 0 Å². The van der Waals surface area contributed by atoms with Crippen LogP contribution in [0.1, 0.15) is 0 Å². The van der Waals surface area contributed by atoms with Crippen LogP contribution in [-0.2, 0) is 12.1 Å². The van der Waals surface area contributed by atoms with E-state index in [1.165, 1.54) is 0 Å². The summed E-state index contributed by atoms with van der Waals surface area (Å²) in [5.41, 5.74) is 0. The first-order valence-electron chi connectivity index (χ1n) is 2.87. The summed E-state index contributed by atoms with van der Waals surface area (Å²) in [6.07, 6.45) is 0. The van der Waals surface area contributed by atoms with Crippen molar-refractivity contribution in [2.75, 3.05) is 0 Å². The van der Waals surface area contributed by atoms with Crippen LogP contribution in [-0.4, -0.2) is 80.9 Å². The first-order valence-corrected chi connectivity index (χ1v) is 19.2. The Labute approximate surface area is 178 Å². The molecule has 32 N–H and O–H groups in total. The maximum absolute atomic E-state index is 10.2. The first kappa shape index (κ1) is 78.2. The summed E-state index contributed by atoms with van der Waals surface area (Å²) in [6, 6.07) is 0. The topological polar surface area (TPSA) is 545 Å². The fraction of sp³-hybridized carbons (Fsp3) is 0. The standard InChI is InChI=1S/4FH.8H3N.12O.4Sb/h4*1H;8*1H3;;;;;;;;;;;;;;;;/q;;;;;;;;;;;;;;;;8*-1;4*+1/p+4. The Hall–Kier alpha value is 1.55. The molecule has 0 rings (SSSR count). The van der Waals surface area contributed by atoms with Crippen LogP contribution < -0.4 is 76.3 Å². The molecular formula is H32F4N8O12Sb4. The number of hydrogen-bond acceptors (Lipinski definition) is 12. The van der Waals surface area contributed by atoms with Gasteiger partial charge in [0.1, 0.15) is 0 Å². The van der Waals surface area contributed by atoms with Crippen LogP contribution in [0.4, 0.5) is 11.3 Å². The molecule has 20 nitrogen and oxygen atoms in total. The van der Waals surface area contributed by atoms with E-state index in [0.717, 1.165) is 0 Å². The molecule has 0 saturated carbocycles. The van der Waals surface area contributed by atoms with E-state index in [2.05, 4.69) is 0 Å². The zero-order valence-electron chi connectivity index (χ0n) is 16.2. The van der Waals surface area contributed by atoms with E-state index < -0.39 is 80.9 Å². The summed E-state index contributed by atoms with van der Waals surface area (Å²) in [6.45, 7) is 0. The van der Waals surface area contributed by atoms with Gasteiger partial charge in [-0.25, -0.2) is 0 Å². The van der Waals surface area contributed by atoms with Crippen LogP contribution in [0.5, 0.6) is 0 Å². The first-order chi connectivity index (χ1) is 8.00. The van der Waals surface area contributed by atoms with Crippen molar-refractivity contribution in [3.05, 3.63) is 0 Å². The van der Waals surface area contributed by atoms with E-state index >= 15 is 0 Å². The average molecular weight is 899 g/mol. The summed E-state index contributed by atoms with van der Waals surface area (Å²) in [5, 5.41) is 0. The summed E-state index contributed by atoms with van der Waals surface area (Å²) in [5.74, 6) is 0. The van der Waals surface area contributed by atoms with E-state index in [-0.39, 0.29) is 49.2 Å². The summed E-state index contributed by atoms with van der Waals surface area (Å²) in [4.78, 5) is 0. The second-order valence-electron chi connectivity index (χ2n) is 1.72. The third-order valence-electron chi connectivity index (χ3n) is 0. The van der Waals surface area contributed by atoms with Crippen molar-refractivity contribution in [2.45, 2.75) is 0 Å². The molecule has 0 atom stereocenters. The molecule has 0 heterocycles. The van der Waals surface area contributed by atoms with Crippen molar-refractivity contribution in [2.24, 2.45) is 0 Å². The van der Waals surface area contributed by atoms with Gasteiger partial charge in [-0.05, 0) is 0 Å². The molecule has 28 heavy (non-hydrogen) atoms. The van der Waals surface area contributed by atoms with Crippen molar-refractivity contribution < 1.29 is 50.4 Å². The fourth-order valence-corrected chi connectivity index (χ4v) is 0. The Morgan fingerprint density at radius 2 is 0.321 bits per heavy atom. The number of quaternary nitrogens is 8. The Morgan fingerprint density at radius 3 is 0.321 bits per heavy atom. The van der Waals surface area contributed by atoms with Gasteiger partial charge in [0.05, 0.1) is 0 Å². The number of halogens is 4. The maximum atomic E-state index is 10.2. The molecule has 0 unspecified atom stereocenters. The molecule has 28 heteroatoms. The molecule has 0 aliphatic carbocycles. The third-order valence-corrected chi connectivity index (χ3v) is 0. The van der Waals surface area contributed by atoms with Crippen LogP contribution in [0.25, 0.3) is 0 Å². The molecule has 0 aromatic rings. The minimum atomic E-state index is -6.35. The fourth-order valence-electron chi connectivity index (χ4n) is 0. The second-order valence-corrected chi connectivity index (χ2v) is 11.6. The molecule has 0 amide bonds. The molecule has 0 aromatic carbocycles. The van der Waals surface area contributed by atoms with Crippen molar-refractivity contribution >= 4 is 80.9 Å². The van der Waals surface area contributed by atoms with Gasteiger partial charge in [0.2, 0.25) is 0 Å². The van der Waals surface area contributed by atoms with Crippen molar-refractivity contribution in [1.29, 1.82) is 0 Å². The molecular weight excluding hydrogens is 867 g/mol. The van der Waals surface area contributed by atoms with Crippen LogP contribution in [0.15, 0.2) is 0 Å². The molecule has 0 saturated heterocycles. The van der Waals surface area contributed by atoms with Gasteiger partial charge in [-0.2, -0.15) is 0 Å². The van der Waals surface area contributed by atoms with E-state index in [0.29, 0.717) is 0 Å². The number of rotatable bonds is 0. The van der Waals surface area contributed by atoms with Crippen molar-refractivity contribution in [3.8, 4) is 0 Å². The Kier molecular flexibility index (Phi) is 92.7. The van der Waals surface area contributed by atoms with Gasteiger partial charge in [-0.15, -0.1) is 0 Å². The Morgan fingerprint density at radius 1 is 0.321 bits per heavy atom. The van der Waals surface area contributed by atoms with E-state index in [1.54, 1.807) is 0 Å². The van der Waals surface area contributed by atoms with Crippen LogP contribution in [0, 0.1) is 0 Å². The van der Waals surface area contributed by atoms with E-state index in [4.69, 9.17) is 39.2 Å².